The van der Waals surface area contributed by atoms with Crippen LogP contribution in [0.25, 0.3) is 11.4 Å². The molecule has 4 heterocycles. The molecule has 1 aliphatic heterocycles. The third-order valence-electron chi connectivity index (χ3n) is 6.72. The van der Waals surface area contributed by atoms with Crippen molar-refractivity contribution in [3.05, 3.63) is 66.0 Å². The van der Waals surface area contributed by atoms with E-state index in [9.17, 15) is 9.59 Å². The lowest BCUT2D eigenvalue weighted by atomic mass is 10.1. The monoisotopic (exact) mass is 564 g/mol. The number of methoxy groups -OCH3 is 2. The van der Waals surface area contributed by atoms with Crippen molar-refractivity contribution < 1.29 is 32.6 Å². The summed E-state index contributed by atoms with van der Waals surface area (Å²) in [5, 5.41) is 15.5. The Morgan fingerprint density at radius 2 is 2.02 bits per heavy atom. The maximum Gasteiger partial charge on any atom is 0.250 e. The normalized spacial score (nSPS) is 15.4. The Balaban J connectivity index is 1.40. The van der Waals surface area contributed by atoms with Gasteiger partial charge in [-0.2, -0.15) is 4.80 Å². The van der Waals surface area contributed by atoms with Crippen molar-refractivity contribution in [1.29, 1.82) is 0 Å². The second-order valence-electron chi connectivity index (χ2n) is 9.55. The lowest BCUT2D eigenvalue weighted by molar-refractivity contribution is -0.143. The number of nitrogens with zero attached hydrogens (tertiary/aromatic N) is 5. The number of furan rings is 2. The van der Waals surface area contributed by atoms with Gasteiger partial charge in [0.1, 0.15) is 23.8 Å². The molecule has 1 N–H and O–H groups in total. The average Bonchev–Trinajstić information content (AvgIpc) is 3.80. The molecule has 41 heavy (non-hydrogen) atoms. The Bertz CT molecular complexity index is 1460. The minimum Gasteiger partial charge on any atom is -0.493 e. The van der Waals surface area contributed by atoms with E-state index in [0.717, 1.165) is 12.8 Å². The summed E-state index contributed by atoms with van der Waals surface area (Å²) < 4.78 is 27.7. The quantitative estimate of drug-likeness (QED) is 0.272. The SMILES string of the molecule is COc1ccc(-c2nnn(CC(=O)N(Cc3ccco3)[C@@H](C(=O)NC[C@@H]3CCCO3)c3ccc(C)o3)n2)cc1OC. The number of tetrazole rings is 1. The first-order chi connectivity index (χ1) is 19.9. The lowest BCUT2D eigenvalue weighted by Crippen LogP contribution is -2.46. The lowest BCUT2D eigenvalue weighted by Gasteiger charge is -2.29. The molecule has 2 amide bonds. The van der Waals surface area contributed by atoms with E-state index in [1.165, 1.54) is 23.1 Å². The molecule has 0 aliphatic carbocycles. The third kappa shape index (κ3) is 6.57. The van der Waals surface area contributed by atoms with Crippen molar-refractivity contribution in [3.63, 3.8) is 0 Å². The molecule has 13 nitrogen and oxygen atoms in total. The maximum absolute atomic E-state index is 13.8. The number of benzene rings is 1. The van der Waals surface area contributed by atoms with Crippen LogP contribution in [-0.2, 0) is 27.4 Å². The maximum atomic E-state index is 13.8. The fourth-order valence-electron chi connectivity index (χ4n) is 4.65. The minimum absolute atomic E-state index is 0.0147. The summed E-state index contributed by atoms with van der Waals surface area (Å²) in [6.07, 6.45) is 3.25. The Kier molecular flexibility index (Phi) is 8.63. The van der Waals surface area contributed by atoms with Gasteiger partial charge in [-0.1, -0.05) is 0 Å². The predicted octanol–water partition coefficient (Wildman–Crippen LogP) is 2.92. The van der Waals surface area contributed by atoms with Crippen LogP contribution in [0.1, 0.15) is 36.2 Å². The van der Waals surface area contributed by atoms with Crippen molar-refractivity contribution >= 4 is 11.8 Å². The highest BCUT2D eigenvalue weighted by atomic mass is 16.5. The number of hydrogen-bond donors (Lipinski definition) is 1. The molecule has 0 radical (unpaired) electrons. The van der Waals surface area contributed by atoms with Gasteiger partial charge in [0.15, 0.2) is 17.5 Å². The summed E-state index contributed by atoms with van der Waals surface area (Å²) >= 11 is 0. The first kappa shape index (κ1) is 27.9. The molecule has 0 spiro atoms. The Labute approximate surface area is 236 Å². The van der Waals surface area contributed by atoms with Crippen LogP contribution in [0.4, 0.5) is 0 Å². The van der Waals surface area contributed by atoms with Crippen LogP contribution in [0.2, 0.25) is 0 Å². The van der Waals surface area contributed by atoms with Gasteiger partial charge in [-0.15, -0.1) is 10.2 Å². The van der Waals surface area contributed by atoms with E-state index in [0.29, 0.717) is 53.3 Å². The molecule has 1 aromatic carbocycles. The smallest absolute Gasteiger partial charge is 0.250 e. The van der Waals surface area contributed by atoms with Crippen LogP contribution >= 0.6 is 0 Å². The van der Waals surface area contributed by atoms with Crippen LogP contribution < -0.4 is 14.8 Å². The van der Waals surface area contributed by atoms with Gasteiger partial charge in [-0.3, -0.25) is 9.59 Å². The van der Waals surface area contributed by atoms with E-state index in [-0.39, 0.29) is 19.2 Å². The van der Waals surface area contributed by atoms with Gasteiger partial charge in [0.05, 0.1) is 33.1 Å². The number of carbonyl (C=O) groups excluding carboxylic acids is 2. The van der Waals surface area contributed by atoms with Gasteiger partial charge in [0.25, 0.3) is 5.91 Å². The standard InChI is InChI=1S/C28H32N6O7/c1-18-8-10-23(41-18)26(28(36)29-15-20-6-4-12-39-20)33(16-21-7-5-13-40-21)25(35)17-34-31-27(30-32-34)19-9-11-22(37-2)24(14-19)38-3/h5,7-11,13-14,20,26H,4,6,12,15-17H2,1-3H3,(H,29,36)/t20-,26+/m0/s1. The molecule has 4 aromatic rings. The predicted molar refractivity (Wildman–Crippen MR) is 144 cm³/mol. The van der Waals surface area contributed by atoms with Gasteiger partial charge < -0.3 is 33.3 Å². The third-order valence-corrected chi connectivity index (χ3v) is 6.72. The molecule has 1 aliphatic rings. The molecule has 1 fully saturated rings. The van der Waals surface area contributed by atoms with Gasteiger partial charge >= 0.3 is 0 Å². The topological polar surface area (TPSA) is 147 Å². The van der Waals surface area contributed by atoms with Crippen molar-refractivity contribution in [1.82, 2.24) is 30.4 Å². The van der Waals surface area contributed by atoms with E-state index in [1.54, 1.807) is 56.5 Å². The summed E-state index contributed by atoms with van der Waals surface area (Å²) in [7, 11) is 3.08. The Morgan fingerprint density at radius 1 is 1.17 bits per heavy atom. The first-order valence-corrected chi connectivity index (χ1v) is 13.2. The highest BCUT2D eigenvalue weighted by Crippen LogP contribution is 2.31. The molecule has 3 aromatic heterocycles. The largest absolute Gasteiger partial charge is 0.493 e. The van der Waals surface area contributed by atoms with Crippen molar-refractivity contribution in [2.45, 2.75) is 45.0 Å². The fraction of sp³-hybridized carbons (Fsp3) is 0.393. The number of nitrogens with one attached hydrogen (secondary N) is 1. The van der Waals surface area contributed by atoms with Gasteiger partial charge in [0, 0.05) is 18.7 Å². The Hall–Kier alpha value is -4.65. The molecule has 2 atom stereocenters. The number of hydrogen-bond acceptors (Lipinski definition) is 10. The van der Waals surface area contributed by atoms with Crippen LogP contribution in [-0.4, -0.2) is 70.4 Å². The summed E-state index contributed by atoms with van der Waals surface area (Å²) in [5.74, 6) is 1.96. The molecule has 5 rings (SSSR count). The summed E-state index contributed by atoms with van der Waals surface area (Å²) in [5.41, 5.74) is 0.631. The number of carbonyl (C=O) groups is 2. The molecule has 0 unspecified atom stereocenters. The van der Waals surface area contributed by atoms with Crippen LogP contribution in [0, 0.1) is 6.92 Å². The van der Waals surface area contributed by atoms with Crippen LogP contribution in [0.5, 0.6) is 11.5 Å². The second-order valence-corrected chi connectivity index (χ2v) is 9.55. The zero-order chi connectivity index (χ0) is 28.8. The van der Waals surface area contributed by atoms with E-state index in [1.807, 2.05) is 0 Å². The molecular weight excluding hydrogens is 532 g/mol. The molecule has 1 saturated heterocycles. The van der Waals surface area contributed by atoms with E-state index < -0.39 is 17.9 Å². The van der Waals surface area contributed by atoms with Gasteiger partial charge in [-0.05, 0) is 67.4 Å². The minimum atomic E-state index is -1.07. The molecular formula is C28H32N6O7. The van der Waals surface area contributed by atoms with Crippen LogP contribution in [0.3, 0.4) is 0 Å². The van der Waals surface area contributed by atoms with E-state index in [2.05, 4.69) is 20.7 Å². The van der Waals surface area contributed by atoms with Gasteiger partial charge in [0.2, 0.25) is 11.7 Å². The zero-order valence-corrected chi connectivity index (χ0v) is 23.1. The number of ether oxygens (including phenoxy) is 3. The first-order valence-electron chi connectivity index (χ1n) is 13.2. The van der Waals surface area contributed by atoms with E-state index >= 15 is 0 Å². The fourth-order valence-corrected chi connectivity index (χ4v) is 4.65. The number of amides is 2. The molecule has 0 saturated carbocycles. The van der Waals surface area contributed by atoms with E-state index in [4.69, 9.17) is 23.0 Å². The molecule has 13 heteroatoms. The number of aryl methyl sites for hydroxylation is 1. The van der Waals surface area contributed by atoms with Gasteiger partial charge in [-0.25, -0.2) is 0 Å². The highest BCUT2D eigenvalue weighted by Gasteiger charge is 2.35. The number of aromatic nitrogens is 4. The van der Waals surface area contributed by atoms with Crippen molar-refractivity contribution in [2.24, 2.45) is 0 Å². The molecule has 0 bridgehead atoms. The summed E-state index contributed by atoms with van der Waals surface area (Å²) in [4.78, 5) is 30.0. The van der Waals surface area contributed by atoms with Crippen molar-refractivity contribution in [3.8, 4) is 22.9 Å². The zero-order valence-electron chi connectivity index (χ0n) is 23.1. The average molecular weight is 565 g/mol. The van der Waals surface area contributed by atoms with Crippen molar-refractivity contribution in [2.75, 3.05) is 27.4 Å². The summed E-state index contributed by atoms with van der Waals surface area (Å²) in [6.45, 7) is 2.51. The Morgan fingerprint density at radius 3 is 2.71 bits per heavy atom. The summed E-state index contributed by atoms with van der Waals surface area (Å²) in [6, 6.07) is 11.0. The highest BCUT2D eigenvalue weighted by molar-refractivity contribution is 5.88. The number of rotatable bonds is 12. The van der Waals surface area contributed by atoms with Crippen LogP contribution in [0.15, 0.2) is 57.6 Å². The molecule has 216 valence electrons. The second kappa shape index (κ2) is 12.7.